The Bertz CT molecular complexity index is 726. The molecule has 0 radical (unpaired) electrons. The Hall–Kier alpha value is -2.82. The van der Waals surface area contributed by atoms with Crippen molar-refractivity contribution in [2.45, 2.75) is 20.3 Å². The Balaban J connectivity index is 2.11. The monoisotopic (exact) mass is 312 g/mol. The number of methoxy groups -OCH3 is 1. The summed E-state index contributed by atoms with van der Waals surface area (Å²) in [5, 5.41) is 5.52. The van der Waals surface area contributed by atoms with Crippen molar-refractivity contribution in [1.29, 1.82) is 0 Å². The van der Waals surface area contributed by atoms with Crippen molar-refractivity contribution in [3.05, 3.63) is 53.6 Å². The van der Waals surface area contributed by atoms with E-state index in [9.17, 15) is 9.59 Å². The number of nitrogens with one attached hydrogen (secondary N) is 2. The number of rotatable bonds is 5. The van der Waals surface area contributed by atoms with E-state index < -0.39 is 0 Å². The predicted molar refractivity (Wildman–Crippen MR) is 90.8 cm³/mol. The second-order valence-electron chi connectivity index (χ2n) is 5.25. The van der Waals surface area contributed by atoms with E-state index in [2.05, 4.69) is 10.6 Å². The fourth-order valence-electron chi connectivity index (χ4n) is 2.26. The number of carbonyl (C=O) groups is 2. The quantitative estimate of drug-likeness (QED) is 0.891. The second-order valence-corrected chi connectivity index (χ2v) is 5.25. The average molecular weight is 312 g/mol. The van der Waals surface area contributed by atoms with Gasteiger partial charge in [0.1, 0.15) is 5.75 Å². The van der Waals surface area contributed by atoms with Gasteiger partial charge in [-0.15, -0.1) is 0 Å². The summed E-state index contributed by atoms with van der Waals surface area (Å²) in [5.74, 6) is 0.224. The number of anilines is 2. The van der Waals surface area contributed by atoms with Crippen LogP contribution in [0.15, 0.2) is 42.5 Å². The van der Waals surface area contributed by atoms with Crippen LogP contribution in [0, 0.1) is 6.92 Å². The minimum Gasteiger partial charge on any atom is -0.495 e. The highest BCUT2D eigenvalue weighted by molar-refractivity contribution is 5.95. The molecular formula is C18H20N2O3. The Labute approximate surface area is 135 Å². The summed E-state index contributed by atoms with van der Waals surface area (Å²) in [7, 11) is 1.52. The number of hydrogen-bond donors (Lipinski definition) is 2. The second kappa shape index (κ2) is 7.45. The molecule has 2 rings (SSSR count). The zero-order valence-electron chi connectivity index (χ0n) is 13.5. The van der Waals surface area contributed by atoms with Crippen LogP contribution in [0.25, 0.3) is 0 Å². The van der Waals surface area contributed by atoms with E-state index in [-0.39, 0.29) is 11.8 Å². The molecule has 2 aromatic carbocycles. The molecule has 5 heteroatoms. The maximum atomic E-state index is 12.2. The highest BCUT2D eigenvalue weighted by Gasteiger charge is 2.09. The van der Waals surface area contributed by atoms with E-state index in [0.29, 0.717) is 23.5 Å². The number of ether oxygens (including phenoxy) is 1. The lowest BCUT2D eigenvalue weighted by molar-refractivity contribution is -0.116. The summed E-state index contributed by atoms with van der Waals surface area (Å²) in [4.78, 5) is 23.4. The van der Waals surface area contributed by atoms with Gasteiger partial charge in [0, 0.05) is 12.6 Å². The van der Waals surface area contributed by atoms with Crippen LogP contribution in [-0.4, -0.2) is 18.9 Å². The maximum Gasteiger partial charge on any atom is 0.228 e. The van der Waals surface area contributed by atoms with Gasteiger partial charge < -0.3 is 15.4 Å². The summed E-state index contributed by atoms with van der Waals surface area (Å²) in [6, 6.07) is 12.9. The van der Waals surface area contributed by atoms with Crippen LogP contribution in [0.2, 0.25) is 0 Å². The van der Waals surface area contributed by atoms with Crippen LogP contribution < -0.4 is 15.4 Å². The van der Waals surface area contributed by atoms with Gasteiger partial charge in [0.2, 0.25) is 11.8 Å². The van der Waals surface area contributed by atoms with Crippen LogP contribution >= 0.6 is 0 Å². The lowest BCUT2D eigenvalue weighted by Gasteiger charge is -2.12. The molecule has 0 fully saturated rings. The molecule has 2 aromatic rings. The fourth-order valence-corrected chi connectivity index (χ4v) is 2.26. The Morgan fingerprint density at radius 3 is 2.48 bits per heavy atom. The van der Waals surface area contributed by atoms with Crippen LogP contribution in [0.4, 0.5) is 11.4 Å². The van der Waals surface area contributed by atoms with Gasteiger partial charge in [-0.2, -0.15) is 0 Å². The molecule has 0 aliphatic carbocycles. The van der Waals surface area contributed by atoms with Gasteiger partial charge in [-0.25, -0.2) is 0 Å². The first-order valence-corrected chi connectivity index (χ1v) is 7.29. The third kappa shape index (κ3) is 4.57. The summed E-state index contributed by atoms with van der Waals surface area (Å²) >= 11 is 0. The van der Waals surface area contributed by atoms with Crippen molar-refractivity contribution in [2.24, 2.45) is 0 Å². The molecule has 0 atom stereocenters. The lowest BCUT2D eigenvalue weighted by atomic mass is 10.1. The van der Waals surface area contributed by atoms with E-state index >= 15 is 0 Å². The summed E-state index contributed by atoms with van der Waals surface area (Å²) in [5.41, 5.74) is 3.19. The number of carbonyl (C=O) groups excluding carboxylic acids is 2. The summed E-state index contributed by atoms with van der Waals surface area (Å²) < 4.78 is 5.19. The normalized spacial score (nSPS) is 10.0. The van der Waals surface area contributed by atoms with Gasteiger partial charge >= 0.3 is 0 Å². The Morgan fingerprint density at radius 1 is 1.09 bits per heavy atom. The van der Waals surface area contributed by atoms with E-state index in [1.54, 1.807) is 18.2 Å². The maximum absolute atomic E-state index is 12.2. The van der Waals surface area contributed by atoms with Gasteiger partial charge in [-0.1, -0.05) is 24.3 Å². The Morgan fingerprint density at radius 2 is 1.83 bits per heavy atom. The van der Waals surface area contributed by atoms with Crippen LogP contribution in [-0.2, 0) is 16.0 Å². The molecule has 0 aliphatic rings. The highest BCUT2D eigenvalue weighted by atomic mass is 16.5. The molecule has 23 heavy (non-hydrogen) atoms. The van der Waals surface area contributed by atoms with Gasteiger partial charge in [-0.05, 0) is 36.2 Å². The predicted octanol–water partition coefficient (Wildman–Crippen LogP) is 3.14. The van der Waals surface area contributed by atoms with Gasteiger partial charge in [0.25, 0.3) is 0 Å². The molecule has 0 spiro atoms. The first-order chi connectivity index (χ1) is 11.0. The minimum atomic E-state index is -0.202. The molecule has 0 bridgehead atoms. The van der Waals surface area contributed by atoms with E-state index in [4.69, 9.17) is 4.74 Å². The van der Waals surface area contributed by atoms with E-state index in [0.717, 1.165) is 11.1 Å². The van der Waals surface area contributed by atoms with E-state index in [1.165, 1.54) is 14.0 Å². The topological polar surface area (TPSA) is 67.4 Å². The van der Waals surface area contributed by atoms with Crippen LogP contribution in [0.3, 0.4) is 0 Å². The van der Waals surface area contributed by atoms with E-state index in [1.807, 2.05) is 31.2 Å². The van der Waals surface area contributed by atoms with Crippen LogP contribution in [0.1, 0.15) is 18.1 Å². The van der Waals surface area contributed by atoms with Crippen molar-refractivity contribution in [1.82, 2.24) is 0 Å². The molecule has 2 N–H and O–H groups in total. The average Bonchev–Trinajstić information content (AvgIpc) is 2.49. The summed E-state index contributed by atoms with van der Waals surface area (Å²) in [6.07, 6.45) is 0.300. The van der Waals surface area contributed by atoms with Crippen molar-refractivity contribution in [2.75, 3.05) is 17.7 Å². The van der Waals surface area contributed by atoms with Gasteiger partial charge in [0.15, 0.2) is 0 Å². The molecule has 2 amide bonds. The van der Waals surface area contributed by atoms with Crippen molar-refractivity contribution in [3.63, 3.8) is 0 Å². The van der Waals surface area contributed by atoms with Crippen molar-refractivity contribution >= 4 is 23.2 Å². The number of hydrogen-bond acceptors (Lipinski definition) is 3. The largest absolute Gasteiger partial charge is 0.495 e. The van der Waals surface area contributed by atoms with Crippen molar-refractivity contribution in [3.8, 4) is 5.75 Å². The smallest absolute Gasteiger partial charge is 0.228 e. The fraction of sp³-hybridized carbons (Fsp3) is 0.222. The lowest BCUT2D eigenvalue weighted by Crippen LogP contribution is -2.15. The molecule has 0 unspecified atom stereocenters. The SMILES string of the molecule is COc1ccc(NC(=O)Cc2ccccc2C)cc1NC(C)=O. The molecule has 0 aromatic heterocycles. The molecule has 0 saturated heterocycles. The third-order valence-corrected chi connectivity index (χ3v) is 3.41. The zero-order chi connectivity index (χ0) is 16.8. The molecule has 0 heterocycles. The highest BCUT2D eigenvalue weighted by Crippen LogP contribution is 2.27. The summed E-state index contributed by atoms with van der Waals surface area (Å²) in [6.45, 7) is 3.40. The molecule has 5 nitrogen and oxygen atoms in total. The minimum absolute atomic E-state index is 0.113. The zero-order valence-corrected chi connectivity index (χ0v) is 13.5. The van der Waals surface area contributed by atoms with Gasteiger partial charge in [-0.3, -0.25) is 9.59 Å². The number of benzene rings is 2. The Kier molecular flexibility index (Phi) is 5.36. The molecule has 0 aliphatic heterocycles. The first-order valence-electron chi connectivity index (χ1n) is 7.29. The van der Waals surface area contributed by atoms with Crippen molar-refractivity contribution < 1.29 is 14.3 Å². The number of aryl methyl sites for hydroxylation is 1. The first kappa shape index (κ1) is 16.5. The molecular weight excluding hydrogens is 292 g/mol. The van der Waals surface area contributed by atoms with Crippen LogP contribution in [0.5, 0.6) is 5.75 Å². The van der Waals surface area contributed by atoms with Gasteiger partial charge in [0.05, 0.1) is 19.2 Å². The molecule has 0 saturated carbocycles. The number of amides is 2. The molecule has 120 valence electrons. The standard InChI is InChI=1S/C18H20N2O3/c1-12-6-4-5-7-14(12)10-18(22)20-15-8-9-17(23-3)16(11-15)19-13(2)21/h4-9,11H,10H2,1-3H3,(H,19,21)(H,20,22). The third-order valence-electron chi connectivity index (χ3n) is 3.41.